The van der Waals surface area contributed by atoms with Crippen molar-refractivity contribution in [2.24, 2.45) is 0 Å². The van der Waals surface area contributed by atoms with Crippen molar-refractivity contribution in [3.63, 3.8) is 0 Å². The summed E-state index contributed by atoms with van der Waals surface area (Å²) in [4.78, 5) is 2.41. The Bertz CT molecular complexity index is 1330. The van der Waals surface area contributed by atoms with Gasteiger partial charge in [0.2, 0.25) is 0 Å². The Morgan fingerprint density at radius 2 is 1.39 bits per heavy atom. The lowest BCUT2D eigenvalue weighted by Gasteiger charge is -2.25. The molecule has 1 aliphatic rings. The Morgan fingerprint density at radius 1 is 0.786 bits per heavy atom. The zero-order valence-electron chi connectivity index (χ0n) is 38.0. The van der Waals surface area contributed by atoms with E-state index in [2.05, 4.69) is 125 Å². The molecule has 0 saturated heterocycles. The SMILES string of the molecule is CC.CC.CCC.CCCCOC.CCCC[N+](CCC(C)O)=C1C=CC(=C(c2ccc(N(CC)CCC(C)OCCC(C)S)cc2)c2cccc(Cl)c2)C=C1. The van der Waals surface area contributed by atoms with Crippen LogP contribution in [-0.4, -0.2) is 79.4 Å². The highest BCUT2D eigenvalue weighted by atomic mass is 35.5. The minimum atomic E-state index is -0.304. The lowest BCUT2D eigenvalue weighted by Crippen LogP contribution is -2.27. The molecule has 3 rings (SSSR count). The highest BCUT2D eigenvalue weighted by Gasteiger charge is 2.17. The zero-order chi connectivity index (χ0) is 42.7. The summed E-state index contributed by atoms with van der Waals surface area (Å²) < 4.78 is 13.2. The Kier molecular flexibility index (Phi) is 36.8. The number of allylic oxidation sites excluding steroid dienone is 5. The molecule has 0 spiro atoms. The van der Waals surface area contributed by atoms with Gasteiger partial charge in [-0.2, -0.15) is 12.6 Å². The Balaban J connectivity index is 0. The van der Waals surface area contributed by atoms with Gasteiger partial charge in [-0.1, -0.05) is 117 Å². The number of aliphatic hydroxyl groups is 1. The maximum Gasteiger partial charge on any atom is 0.199 e. The molecule has 56 heavy (non-hydrogen) atoms. The fourth-order valence-corrected chi connectivity index (χ4v) is 5.80. The molecule has 0 aromatic heterocycles. The van der Waals surface area contributed by atoms with E-state index in [0.29, 0.717) is 5.25 Å². The van der Waals surface area contributed by atoms with E-state index in [1.807, 2.05) is 52.8 Å². The lowest BCUT2D eigenvalue weighted by atomic mass is 9.90. The largest absolute Gasteiger partial charge is 0.393 e. The number of unbranched alkanes of at least 4 members (excludes halogenated alkanes) is 2. The fourth-order valence-electron chi connectivity index (χ4n) is 5.50. The number of hydrogen-bond acceptors (Lipinski definition) is 5. The van der Waals surface area contributed by atoms with Crippen LogP contribution in [0.3, 0.4) is 0 Å². The van der Waals surface area contributed by atoms with Gasteiger partial charge in [0, 0.05) is 74.4 Å². The second-order valence-electron chi connectivity index (χ2n) is 13.7. The molecule has 0 aliphatic heterocycles. The number of ether oxygens (including phenoxy) is 2. The van der Waals surface area contributed by atoms with E-state index in [1.54, 1.807) is 7.11 Å². The van der Waals surface area contributed by atoms with Crippen LogP contribution in [0.15, 0.2) is 78.4 Å². The number of methoxy groups -OCH3 is 1. The van der Waals surface area contributed by atoms with Gasteiger partial charge in [-0.15, -0.1) is 0 Å². The van der Waals surface area contributed by atoms with Crippen molar-refractivity contribution in [1.29, 1.82) is 0 Å². The first-order valence-electron chi connectivity index (χ1n) is 21.8. The number of halogens is 1. The first-order chi connectivity index (χ1) is 27.0. The normalized spacial score (nSPS) is 13.0. The summed E-state index contributed by atoms with van der Waals surface area (Å²) in [6.07, 6.45) is 17.4. The third-order valence-electron chi connectivity index (χ3n) is 8.58. The van der Waals surface area contributed by atoms with E-state index in [-0.39, 0.29) is 12.2 Å². The number of rotatable bonds is 20. The second-order valence-corrected chi connectivity index (χ2v) is 15.0. The molecule has 0 radical (unpaired) electrons. The van der Waals surface area contributed by atoms with E-state index in [1.165, 1.54) is 30.7 Å². The molecule has 0 heterocycles. The molecule has 2 aromatic carbocycles. The molecule has 0 fully saturated rings. The summed E-state index contributed by atoms with van der Waals surface area (Å²) in [5.74, 6) is 0. The van der Waals surface area contributed by atoms with Gasteiger partial charge < -0.3 is 19.5 Å². The fraction of sp³-hybridized carbons (Fsp3) is 0.612. The Labute approximate surface area is 356 Å². The highest BCUT2D eigenvalue weighted by Crippen LogP contribution is 2.32. The number of benzene rings is 2. The van der Waals surface area contributed by atoms with Gasteiger partial charge in [0.25, 0.3) is 0 Å². The molecule has 7 heteroatoms. The van der Waals surface area contributed by atoms with Crippen molar-refractivity contribution in [3.8, 4) is 0 Å². The second kappa shape index (κ2) is 37.0. The maximum absolute atomic E-state index is 9.88. The minimum Gasteiger partial charge on any atom is -0.393 e. The van der Waals surface area contributed by atoms with E-state index >= 15 is 0 Å². The smallest absolute Gasteiger partial charge is 0.199 e. The molecule has 0 amide bonds. The van der Waals surface area contributed by atoms with Crippen LogP contribution in [0.25, 0.3) is 5.57 Å². The monoisotopic (exact) mass is 816 g/mol. The summed E-state index contributed by atoms with van der Waals surface area (Å²) in [5.41, 5.74) is 6.97. The third kappa shape index (κ3) is 25.1. The van der Waals surface area contributed by atoms with Crippen LogP contribution in [0.1, 0.15) is 146 Å². The summed E-state index contributed by atoms with van der Waals surface area (Å²) in [6, 6.07) is 17.0. The standard InChI is InChI=1S/C37H51ClN2O2S.C5H12O.C3H8.2C2H6/c1-6-8-23-40(24-20-28(3)41)36-18-14-32(15-19-36)37(33-10-9-11-34(38)27-33)31-12-16-35(17-13-31)39(7-2)25-21-29(4)42-26-22-30(5)43;1-3-4-5-6-2;1-3-2;2*1-2/h9-19,27-30,41H,6-8,20-26H2,1-5H3;3-5H2,1-2H3;3H2,1-2H3;2*1-2H3/p+1. The first-order valence-corrected chi connectivity index (χ1v) is 22.7. The van der Waals surface area contributed by atoms with Gasteiger partial charge in [-0.05, 0) is 98.7 Å². The summed E-state index contributed by atoms with van der Waals surface area (Å²) in [7, 11) is 1.73. The average molecular weight is 817 g/mol. The van der Waals surface area contributed by atoms with E-state index in [9.17, 15) is 5.11 Å². The molecular weight excluding hydrogens is 732 g/mol. The summed E-state index contributed by atoms with van der Waals surface area (Å²) in [6.45, 7) is 30.3. The predicted molar refractivity (Wildman–Crippen MR) is 255 cm³/mol. The first kappa shape index (κ1) is 55.7. The Morgan fingerprint density at radius 3 is 1.88 bits per heavy atom. The van der Waals surface area contributed by atoms with Crippen molar-refractivity contribution < 1.29 is 19.2 Å². The summed E-state index contributed by atoms with van der Waals surface area (Å²) in [5, 5.41) is 11.0. The van der Waals surface area contributed by atoms with E-state index < -0.39 is 0 Å². The molecule has 2 aromatic rings. The van der Waals surface area contributed by atoms with Crippen molar-refractivity contribution in [2.75, 3.05) is 51.4 Å². The number of anilines is 1. The molecule has 0 saturated carbocycles. The zero-order valence-corrected chi connectivity index (χ0v) is 39.7. The maximum atomic E-state index is 9.88. The number of nitrogens with zero attached hydrogens (tertiary/aromatic N) is 2. The number of thiol groups is 1. The van der Waals surface area contributed by atoms with Gasteiger partial charge in [0.1, 0.15) is 13.1 Å². The van der Waals surface area contributed by atoms with Crippen LogP contribution >= 0.6 is 24.2 Å². The molecule has 1 N–H and O–H groups in total. The van der Waals surface area contributed by atoms with Gasteiger partial charge in [0.05, 0.1) is 12.2 Å². The number of aliphatic hydroxyl groups excluding tert-OH is 1. The quantitative estimate of drug-likeness (QED) is 0.0794. The van der Waals surface area contributed by atoms with Crippen LogP contribution in [0.4, 0.5) is 5.69 Å². The van der Waals surface area contributed by atoms with E-state index in [4.69, 9.17) is 21.1 Å². The third-order valence-corrected chi connectivity index (χ3v) is 9.07. The molecule has 0 bridgehead atoms. The predicted octanol–water partition coefficient (Wildman–Crippen LogP) is 13.5. The van der Waals surface area contributed by atoms with Crippen LogP contribution in [0.2, 0.25) is 5.02 Å². The molecule has 1 aliphatic carbocycles. The molecule has 3 atom stereocenters. The molecule has 320 valence electrons. The molecule has 5 nitrogen and oxygen atoms in total. The van der Waals surface area contributed by atoms with Crippen molar-refractivity contribution in [1.82, 2.24) is 0 Å². The van der Waals surface area contributed by atoms with Crippen LogP contribution < -0.4 is 4.90 Å². The highest BCUT2D eigenvalue weighted by molar-refractivity contribution is 7.80. The van der Waals surface area contributed by atoms with Crippen LogP contribution in [-0.2, 0) is 9.47 Å². The number of hydrogen-bond donors (Lipinski definition) is 2. The van der Waals surface area contributed by atoms with Crippen LogP contribution in [0.5, 0.6) is 0 Å². The van der Waals surface area contributed by atoms with Crippen molar-refractivity contribution in [3.05, 3.63) is 94.6 Å². The summed E-state index contributed by atoms with van der Waals surface area (Å²) >= 11 is 10.9. The average Bonchev–Trinajstić information content (AvgIpc) is 3.20. The minimum absolute atomic E-state index is 0.219. The molecule has 3 unspecified atom stereocenters. The van der Waals surface area contributed by atoms with Gasteiger partial charge in [-0.25, -0.2) is 4.58 Å². The molecular formula is C49H84ClN2O3S+. The lowest BCUT2D eigenvalue weighted by molar-refractivity contribution is -0.528. The van der Waals surface area contributed by atoms with E-state index in [0.717, 1.165) is 98.8 Å². The van der Waals surface area contributed by atoms with Gasteiger partial charge >= 0.3 is 0 Å². The van der Waals surface area contributed by atoms with Crippen LogP contribution in [0, 0.1) is 0 Å². The van der Waals surface area contributed by atoms with Gasteiger partial charge in [0.15, 0.2) is 5.71 Å². The van der Waals surface area contributed by atoms with Crippen molar-refractivity contribution >= 4 is 41.2 Å². The van der Waals surface area contributed by atoms with Crippen molar-refractivity contribution in [2.45, 2.75) is 152 Å². The van der Waals surface area contributed by atoms with Gasteiger partial charge in [-0.3, -0.25) is 0 Å². The Hall–Kier alpha value is -2.35. The topological polar surface area (TPSA) is 44.9 Å².